The summed E-state index contributed by atoms with van der Waals surface area (Å²) in [5.74, 6) is -0.355. The minimum Gasteiger partial charge on any atom is -0.459 e. The predicted octanol–water partition coefficient (Wildman–Crippen LogP) is 3.91. The molecule has 2 amide bonds. The summed E-state index contributed by atoms with van der Waals surface area (Å²) in [6.45, 7) is 13.3. The summed E-state index contributed by atoms with van der Waals surface area (Å²) >= 11 is 1.47. The van der Waals surface area contributed by atoms with Gasteiger partial charge >= 0.3 is 5.97 Å². The van der Waals surface area contributed by atoms with Crippen molar-refractivity contribution in [2.45, 2.75) is 60.1 Å². The number of benzene rings is 1. The van der Waals surface area contributed by atoms with Crippen LogP contribution in [0.15, 0.2) is 45.6 Å². The van der Waals surface area contributed by atoms with Gasteiger partial charge in [0.15, 0.2) is 5.17 Å². The Morgan fingerprint density at radius 2 is 1.75 bits per heavy atom. The summed E-state index contributed by atoms with van der Waals surface area (Å²) in [5.41, 5.74) is 5.12. The summed E-state index contributed by atoms with van der Waals surface area (Å²) < 4.78 is 5.64. The number of hydrogen-bond acceptors (Lipinski definition) is 7. The van der Waals surface area contributed by atoms with E-state index in [2.05, 4.69) is 12.1 Å². The van der Waals surface area contributed by atoms with Crippen molar-refractivity contribution in [3.63, 3.8) is 0 Å². The third kappa shape index (κ3) is 5.21. The first-order chi connectivity index (χ1) is 17.1. The van der Waals surface area contributed by atoms with Gasteiger partial charge in [0.1, 0.15) is 0 Å². The summed E-state index contributed by atoms with van der Waals surface area (Å²) in [6.07, 6.45) is -0.0693. The van der Waals surface area contributed by atoms with Crippen LogP contribution in [0.3, 0.4) is 0 Å². The Kier molecular flexibility index (Phi) is 7.59. The van der Waals surface area contributed by atoms with Crippen molar-refractivity contribution in [3.8, 4) is 0 Å². The molecule has 1 aromatic carbocycles. The number of nitrogens with zero attached hydrogens (tertiary/aromatic N) is 4. The van der Waals surface area contributed by atoms with Crippen LogP contribution in [-0.2, 0) is 19.1 Å². The second kappa shape index (κ2) is 10.5. The topological polar surface area (TPSA) is 82.5 Å². The number of rotatable bonds is 5. The first-order valence-corrected chi connectivity index (χ1v) is 13.2. The fraction of sp³-hybridized carbons (Fsp3) is 0.481. The first-order valence-electron chi connectivity index (χ1n) is 12.3. The number of ether oxygens (including phenoxy) is 1. The van der Waals surface area contributed by atoms with Gasteiger partial charge in [0.05, 0.1) is 29.8 Å². The molecule has 36 heavy (non-hydrogen) atoms. The summed E-state index contributed by atoms with van der Waals surface area (Å²) in [6, 6.07) is 5.76. The number of aryl methyl sites for hydroxylation is 2. The van der Waals surface area contributed by atoms with Gasteiger partial charge in [0, 0.05) is 38.8 Å². The van der Waals surface area contributed by atoms with Crippen molar-refractivity contribution in [1.29, 1.82) is 0 Å². The van der Waals surface area contributed by atoms with Gasteiger partial charge in [-0.3, -0.25) is 9.59 Å². The van der Waals surface area contributed by atoms with Crippen LogP contribution in [0.1, 0.15) is 56.8 Å². The van der Waals surface area contributed by atoms with Gasteiger partial charge in [0.25, 0.3) is 0 Å². The minimum atomic E-state index is -0.437. The fourth-order valence-corrected chi connectivity index (χ4v) is 5.84. The zero-order valence-electron chi connectivity index (χ0n) is 21.8. The van der Waals surface area contributed by atoms with Crippen molar-refractivity contribution in [2.75, 3.05) is 26.2 Å². The standard InChI is InChI=1S/C27H34N4O4S/c1-16(2)35-26(34)24-19(5)28-27-31(25(24)22-8-7-17(3)13-18(22)4)21(15-36-27)14-23(33)30-11-9-29(10-12-30)20(6)32/h7-8,13,15-16,25H,9-12,14H2,1-6H3/t25-/m0/s1. The monoisotopic (exact) mass is 510 g/mol. The van der Waals surface area contributed by atoms with Gasteiger partial charge in [-0.2, -0.15) is 0 Å². The Labute approximate surface area is 217 Å². The van der Waals surface area contributed by atoms with E-state index in [1.165, 1.54) is 11.8 Å². The molecule has 1 fully saturated rings. The number of fused-ring (bicyclic) bond motifs is 1. The van der Waals surface area contributed by atoms with Crippen molar-refractivity contribution in [2.24, 2.45) is 4.99 Å². The number of amides is 2. The third-order valence-electron chi connectivity index (χ3n) is 6.69. The lowest BCUT2D eigenvalue weighted by Crippen LogP contribution is -2.50. The molecule has 4 rings (SSSR count). The maximum Gasteiger partial charge on any atom is 0.338 e. The summed E-state index contributed by atoms with van der Waals surface area (Å²) in [7, 11) is 0. The van der Waals surface area contributed by atoms with Crippen LogP contribution in [0.2, 0.25) is 0 Å². The molecule has 1 aromatic rings. The molecule has 0 saturated carbocycles. The molecule has 3 heterocycles. The number of thioether (sulfide) groups is 1. The summed E-state index contributed by atoms with van der Waals surface area (Å²) in [4.78, 5) is 48.6. The SMILES string of the molecule is CC(=O)N1CCN(C(=O)CC2=CSC3=NC(C)=C(C(=O)OC(C)C)[C@H](c4ccc(C)cc4C)N23)CC1. The van der Waals surface area contributed by atoms with E-state index in [1.54, 1.807) is 11.8 Å². The Bertz CT molecular complexity index is 1180. The fourth-order valence-electron chi connectivity index (χ4n) is 4.87. The van der Waals surface area contributed by atoms with Crippen molar-refractivity contribution < 1.29 is 19.1 Å². The van der Waals surface area contributed by atoms with Crippen LogP contribution in [0.4, 0.5) is 0 Å². The first kappa shape index (κ1) is 26.0. The van der Waals surface area contributed by atoms with E-state index >= 15 is 0 Å². The van der Waals surface area contributed by atoms with E-state index in [0.717, 1.165) is 27.6 Å². The van der Waals surface area contributed by atoms with E-state index < -0.39 is 12.0 Å². The molecule has 3 aliphatic rings. The third-order valence-corrected chi connectivity index (χ3v) is 7.58. The van der Waals surface area contributed by atoms with Crippen molar-refractivity contribution in [3.05, 3.63) is 57.3 Å². The lowest BCUT2D eigenvalue weighted by atomic mass is 9.90. The Morgan fingerprint density at radius 1 is 1.08 bits per heavy atom. The molecule has 1 saturated heterocycles. The highest BCUT2D eigenvalue weighted by molar-refractivity contribution is 8.16. The molecule has 0 N–H and O–H groups in total. The zero-order valence-corrected chi connectivity index (χ0v) is 22.6. The zero-order chi connectivity index (χ0) is 26.1. The Hall–Kier alpha value is -3.07. The van der Waals surface area contributed by atoms with Crippen LogP contribution in [0, 0.1) is 13.8 Å². The molecular formula is C27H34N4O4S. The molecule has 3 aliphatic heterocycles. The van der Waals surface area contributed by atoms with Gasteiger partial charge in [-0.1, -0.05) is 35.5 Å². The molecule has 0 bridgehead atoms. The highest BCUT2D eigenvalue weighted by Gasteiger charge is 2.42. The normalized spacial score (nSPS) is 19.9. The molecule has 0 unspecified atom stereocenters. The van der Waals surface area contributed by atoms with Gasteiger partial charge in [0.2, 0.25) is 11.8 Å². The lowest BCUT2D eigenvalue weighted by molar-refractivity contribution is -0.143. The number of carbonyl (C=O) groups excluding carboxylic acids is 3. The maximum absolute atomic E-state index is 13.3. The second-order valence-corrected chi connectivity index (χ2v) is 10.6. The largest absolute Gasteiger partial charge is 0.459 e. The van der Waals surface area contributed by atoms with E-state index in [4.69, 9.17) is 9.73 Å². The van der Waals surface area contributed by atoms with E-state index in [0.29, 0.717) is 37.4 Å². The highest BCUT2D eigenvalue weighted by Crippen LogP contribution is 2.45. The van der Waals surface area contributed by atoms with Gasteiger partial charge in [-0.05, 0) is 51.2 Å². The number of piperazine rings is 1. The number of allylic oxidation sites excluding steroid dienone is 1. The average Bonchev–Trinajstić information content (AvgIpc) is 3.19. The molecule has 0 aliphatic carbocycles. The molecule has 0 spiro atoms. The molecule has 1 atom stereocenters. The molecule has 8 nitrogen and oxygen atoms in total. The smallest absolute Gasteiger partial charge is 0.338 e. The summed E-state index contributed by atoms with van der Waals surface area (Å²) in [5, 5.41) is 2.71. The Balaban J connectivity index is 1.65. The number of esters is 1. The van der Waals surface area contributed by atoms with E-state index in [9.17, 15) is 14.4 Å². The van der Waals surface area contributed by atoms with Gasteiger partial charge in [-0.25, -0.2) is 9.79 Å². The molecular weight excluding hydrogens is 476 g/mol. The number of aliphatic imine (C=N–C) groups is 1. The molecule has 0 radical (unpaired) electrons. The quantitative estimate of drug-likeness (QED) is 0.559. The average molecular weight is 511 g/mol. The minimum absolute atomic E-state index is 0.00302. The van der Waals surface area contributed by atoms with Crippen LogP contribution in [-0.4, -0.2) is 69.9 Å². The van der Waals surface area contributed by atoms with Crippen LogP contribution in [0.25, 0.3) is 0 Å². The van der Waals surface area contributed by atoms with E-state index in [1.807, 2.05) is 55.9 Å². The Morgan fingerprint density at radius 3 is 2.36 bits per heavy atom. The molecule has 0 aromatic heterocycles. The van der Waals surface area contributed by atoms with E-state index in [-0.39, 0.29) is 24.3 Å². The van der Waals surface area contributed by atoms with Gasteiger partial charge in [-0.15, -0.1) is 0 Å². The molecule has 192 valence electrons. The predicted molar refractivity (Wildman–Crippen MR) is 141 cm³/mol. The molecule has 9 heteroatoms. The van der Waals surface area contributed by atoms with Crippen molar-refractivity contribution in [1.82, 2.24) is 14.7 Å². The van der Waals surface area contributed by atoms with Crippen LogP contribution >= 0.6 is 11.8 Å². The number of hydrogen-bond donors (Lipinski definition) is 0. The lowest BCUT2D eigenvalue weighted by Gasteiger charge is -2.38. The van der Waals surface area contributed by atoms with Crippen molar-refractivity contribution >= 4 is 34.7 Å². The van der Waals surface area contributed by atoms with Gasteiger partial charge < -0.3 is 19.4 Å². The number of carbonyl (C=O) groups is 3. The maximum atomic E-state index is 13.3. The van der Waals surface area contributed by atoms with Crippen LogP contribution in [0.5, 0.6) is 0 Å². The van der Waals surface area contributed by atoms with Crippen LogP contribution < -0.4 is 0 Å². The number of amidine groups is 1. The second-order valence-electron chi connectivity index (χ2n) is 9.77. The highest BCUT2D eigenvalue weighted by atomic mass is 32.2.